The summed E-state index contributed by atoms with van der Waals surface area (Å²) >= 11 is 0. The summed E-state index contributed by atoms with van der Waals surface area (Å²) in [6.45, 7) is 5.82. The van der Waals surface area contributed by atoms with E-state index in [4.69, 9.17) is 0 Å². The Labute approximate surface area is 178 Å². The molecule has 0 spiro atoms. The van der Waals surface area contributed by atoms with Crippen LogP contribution in [-0.2, 0) is 24.2 Å². The number of amides is 1. The van der Waals surface area contributed by atoms with Gasteiger partial charge in [-0.3, -0.25) is 14.4 Å². The van der Waals surface area contributed by atoms with Crippen molar-refractivity contribution in [3.8, 4) is 5.82 Å². The van der Waals surface area contributed by atoms with Crippen LogP contribution in [0.3, 0.4) is 0 Å². The summed E-state index contributed by atoms with van der Waals surface area (Å²) < 4.78 is 4.18. The minimum atomic E-state index is -0.746. The number of hydrogen-bond acceptors (Lipinski definition) is 6. The number of rotatable bonds is 6. The fourth-order valence-corrected chi connectivity index (χ4v) is 3.81. The maximum atomic E-state index is 12.6. The van der Waals surface area contributed by atoms with E-state index >= 15 is 0 Å². The number of fused-ring (bicyclic) bond motifs is 1. The molecule has 10 nitrogen and oxygen atoms in total. The van der Waals surface area contributed by atoms with Gasteiger partial charge in [0.1, 0.15) is 6.04 Å². The van der Waals surface area contributed by atoms with Crippen LogP contribution in [0.1, 0.15) is 42.0 Å². The Hall–Kier alpha value is -3.56. The number of aromatic nitrogens is 6. The molecule has 0 aliphatic heterocycles. The number of carbonyl (C=O) groups is 1. The van der Waals surface area contributed by atoms with Crippen molar-refractivity contribution in [2.24, 2.45) is 0 Å². The van der Waals surface area contributed by atoms with Crippen LogP contribution in [0, 0.1) is 13.8 Å². The smallest absolute Gasteiger partial charge is 0.267 e. The van der Waals surface area contributed by atoms with Gasteiger partial charge in [-0.15, -0.1) is 5.10 Å². The van der Waals surface area contributed by atoms with Gasteiger partial charge in [-0.1, -0.05) is 0 Å². The summed E-state index contributed by atoms with van der Waals surface area (Å²) in [4.78, 5) is 37.1. The van der Waals surface area contributed by atoms with E-state index in [1.807, 2.05) is 19.9 Å². The second-order valence-electron chi connectivity index (χ2n) is 7.81. The summed E-state index contributed by atoms with van der Waals surface area (Å²) in [7, 11) is 0. The van der Waals surface area contributed by atoms with E-state index in [1.54, 1.807) is 23.7 Å². The van der Waals surface area contributed by atoms with Crippen molar-refractivity contribution in [3.05, 3.63) is 67.6 Å². The SMILES string of the molecule is Cc1cc(C)n(-c2ccc(=O)n(CCNC(=O)[C@H](C)n3nc4c(cc3=O)CCC4)n2)n1. The Kier molecular flexibility index (Phi) is 5.53. The first-order valence-corrected chi connectivity index (χ1v) is 10.3. The van der Waals surface area contributed by atoms with Crippen molar-refractivity contribution in [2.75, 3.05) is 6.54 Å². The van der Waals surface area contributed by atoms with Crippen molar-refractivity contribution >= 4 is 5.91 Å². The normalized spacial score (nSPS) is 13.8. The average Bonchev–Trinajstić information content (AvgIpc) is 3.33. The van der Waals surface area contributed by atoms with Crippen molar-refractivity contribution in [2.45, 2.75) is 52.6 Å². The largest absolute Gasteiger partial charge is 0.352 e. The Morgan fingerprint density at radius 1 is 1.10 bits per heavy atom. The molecule has 1 amide bonds. The molecule has 0 saturated carbocycles. The monoisotopic (exact) mass is 423 g/mol. The predicted molar refractivity (Wildman–Crippen MR) is 113 cm³/mol. The van der Waals surface area contributed by atoms with E-state index in [1.165, 1.54) is 15.4 Å². The van der Waals surface area contributed by atoms with Gasteiger partial charge in [-0.25, -0.2) is 14.0 Å². The molecule has 3 aromatic rings. The second-order valence-corrected chi connectivity index (χ2v) is 7.81. The minimum Gasteiger partial charge on any atom is -0.352 e. The number of hydrogen-bond donors (Lipinski definition) is 1. The molecule has 1 atom stereocenters. The second kappa shape index (κ2) is 8.29. The highest BCUT2D eigenvalue weighted by molar-refractivity contribution is 5.79. The number of nitrogens with one attached hydrogen (secondary N) is 1. The molecule has 0 aromatic carbocycles. The van der Waals surface area contributed by atoms with Crippen LogP contribution < -0.4 is 16.4 Å². The van der Waals surface area contributed by atoms with Crippen molar-refractivity contribution < 1.29 is 4.79 Å². The number of nitrogens with zero attached hydrogens (tertiary/aromatic N) is 6. The molecule has 0 fully saturated rings. The van der Waals surface area contributed by atoms with Crippen LogP contribution in [0.25, 0.3) is 5.82 Å². The highest BCUT2D eigenvalue weighted by Crippen LogP contribution is 2.18. The summed E-state index contributed by atoms with van der Waals surface area (Å²) in [5, 5.41) is 15.9. The summed E-state index contributed by atoms with van der Waals surface area (Å²) in [6, 6.07) is 5.80. The van der Waals surface area contributed by atoms with E-state index in [9.17, 15) is 14.4 Å². The lowest BCUT2D eigenvalue weighted by atomic mass is 10.2. The molecule has 1 N–H and O–H groups in total. The molecule has 1 aliphatic carbocycles. The van der Waals surface area contributed by atoms with E-state index in [2.05, 4.69) is 20.6 Å². The average molecular weight is 423 g/mol. The van der Waals surface area contributed by atoms with Gasteiger partial charge >= 0.3 is 0 Å². The van der Waals surface area contributed by atoms with E-state index in [0.29, 0.717) is 5.82 Å². The van der Waals surface area contributed by atoms with Gasteiger partial charge in [-0.2, -0.15) is 10.2 Å². The lowest BCUT2D eigenvalue weighted by molar-refractivity contribution is -0.124. The standard InChI is InChI=1S/C21H25N7O3/c1-13-11-14(2)27(23-13)18-7-8-19(29)26(25-18)10-9-22-21(31)15(3)28-20(30)12-16-5-4-6-17(16)24-28/h7-8,11-12,15H,4-6,9-10H2,1-3H3,(H,22,31)/t15-/m0/s1. The molecule has 31 heavy (non-hydrogen) atoms. The van der Waals surface area contributed by atoms with Crippen LogP contribution >= 0.6 is 0 Å². The first-order valence-electron chi connectivity index (χ1n) is 10.3. The Bertz CT molecular complexity index is 1250. The third-order valence-corrected chi connectivity index (χ3v) is 5.43. The fraction of sp³-hybridized carbons (Fsp3) is 0.429. The number of carbonyl (C=O) groups excluding carboxylic acids is 1. The van der Waals surface area contributed by atoms with Gasteiger partial charge in [-0.05, 0) is 57.7 Å². The minimum absolute atomic E-state index is 0.191. The highest BCUT2D eigenvalue weighted by Gasteiger charge is 2.21. The zero-order chi connectivity index (χ0) is 22.1. The first-order chi connectivity index (χ1) is 14.8. The maximum Gasteiger partial charge on any atom is 0.267 e. The molecule has 162 valence electrons. The fourth-order valence-electron chi connectivity index (χ4n) is 3.81. The van der Waals surface area contributed by atoms with Gasteiger partial charge < -0.3 is 5.32 Å². The van der Waals surface area contributed by atoms with Crippen molar-refractivity contribution in [1.29, 1.82) is 0 Å². The quantitative estimate of drug-likeness (QED) is 0.616. The topological polar surface area (TPSA) is 117 Å². The molecule has 4 rings (SSSR count). The number of aryl methyl sites for hydroxylation is 4. The molecule has 3 heterocycles. The molecule has 0 unspecified atom stereocenters. The van der Waals surface area contributed by atoms with Crippen molar-refractivity contribution in [3.63, 3.8) is 0 Å². The summed E-state index contributed by atoms with van der Waals surface area (Å²) in [5.74, 6) is 0.189. The predicted octanol–water partition coefficient (Wildman–Crippen LogP) is 0.469. The van der Waals surface area contributed by atoms with E-state index < -0.39 is 6.04 Å². The molecular formula is C21H25N7O3. The summed E-state index contributed by atoms with van der Waals surface area (Å²) in [5.41, 5.74) is 3.07. The maximum absolute atomic E-state index is 12.6. The van der Waals surface area contributed by atoms with Crippen LogP contribution in [0.2, 0.25) is 0 Å². The van der Waals surface area contributed by atoms with E-state index in [-0.39, 0.29) is 30.1 Å². The van der Waals surface area contributed by atoms with Crippen LogP contribution in [0.15, 0.2) is 33.9 Å². The molecule has 0 bridgehead atoms. The van der Waals surface area contributed by atoms with Gasteiger partial charge in [0.25, 0.3) is 11.1 Å². The van der Waals surface area contributed by atoms with Gasteiger partial charge in [0.2, 0.25) is 5.91 Å². The van der Waals surface area contributed by atoms with Crippen molar-refractivity contribution in [1.82, 2.24) is 34.7 Å². The van der Waals surface area contributed by atoms with E-state index in [0.717, 1.165) is 41.9 Å². The zero-order valence-corrected chi connectivity index (χ0v) is 17.8. The highest BCUT2D eigenvalue weighted by atomic mass is 16.2. The molecule has 3 aromatic heterocycles. The molecular weight excluding hydrogens is 398 g/mol. The van der Waals surface area contributed by atoms with Gasteiger partial charge in [0.15, 0.2) is 5.82 Å². The summed E-state index contributed by atoms with van der Waals surface area (Å²) in [6.07, 6.45) is 2.66. The van der Waals surface area contributed by atoms with Gasteiger partial charge in [0.05, 0.1) is 17.9 Å². The third-order valence-electron chi connectivity index (χ3n) is 5.43. The molecule has 0 radical (unpaired) electrons. The van der Waals surface area contributed by atoms with Crippen LogP contribution in [-0.4, -0.2) is 41.8 Å². The molecule has 0 saturated heterocycles. The lowest BCUT2D eigenvalue weighted by Crippen LogP contribution is -2.39. The molecule has 10 heteroatoms. The Morgan fingerprint density at radius 3 is 2.65 bits per heavy atom. The molecule has 1 aliphatic rings. The third kappa shape index (κ3) is 4.18. The lowest BCUT2D eigenvalue weighted by Gasteiger charge is -2.15. The van der Waals surface area contributed by atoms with Gasteiger partial charge in [0, 0.05) is 24.4 Å². The van der Waals surface area contributed by atoms with Crippen LogP contribution in [0.5, 0.6) is 0 Å². The Morgan fingerprint density at radius 2 is 1.90 bits per heavy atom. The zero-order valence-electron chi connectivity index (χ0n) is 17.8. The first kappa shape index (κ1) is 20.7. The van der Waals surface area contributed by atoms with Crippen LogP contribution in [0.4, 0.5) is 0 Å². The Balaban J connectivity index is 1.43.